The van der Waals surface area contributed by atoms with Crippen LogP contribution in [0.2, 0.25) is 0 Å². The first-order valence-electron chi connectivity index (χ1n) is 5.02. The van der Waals surface area contributed by atoms with E-state index in [1.165, 1.54) is 0 Å². The molecule has 4 heteroatoms. The smallest absolute Gasteiger partial charge is 0.0574 e. The van der Waals surface area contributed by atoms with E-state index in [4.69, 9.17) is 10.5 Å². The summed E-state index contributed by atoms with van der Waals surface area (Å²) in [4.78, 5) is 0. The molecule has 0 fully saturated rings. The van der Waals surface area contributed by atoms with Gasteiger partial charge >= 0.3 is 0 Å². The fourth-order valence-corrected chi connectivity index (χ4v) is 1.67. The van der Waals surface area contributed by atoms with E-state index in [9.17, 15) is 0 Å². The Kier molecular flexibility index (Phi) is 5.50. The molecule has 0 spiro atoms. The molecule has 0 aliphatic rings. The lowest BCUT2D eigenvalue weighted by Gasteiger charge is -2.09. The monoisotopic (exact) mass is 272 g/mol. The molecule has 1 aromatic carbocycles. The molecule has 0 saturated heterocycles. The molecule has 0 heterocycles. The van der Waals surface area contributed by atoms with Crippen LogP contribution in [0.5, 0.6) is 0 Å². The summed E-state index contributed by atoms with van der Waals surface area (Å²) >= 11 is 3.37. The predicted octanol–water partition coefficient (Wildman–Crippen LogP) is 2.87. The number of benzene rings is 1. The quantitative estimate of drug-likeness (QED) is 0.619. The first-order valence-corrected chi connectivity index (χ1v) is 5.81. The van der Waals surface area contributed by atoms with E-state index >= 15 is 0 Å². The van der Waals surface area contributed by atoms with Gasteiger partial charge in [0.15, 0.2) is 0 Å². The zero-order valence-electron chi connectivity index (χ0n) is 8.92. The number of halogens is 1. The van der Waals surface area contributed by atoms with Crippen LogP contribution in [0.1, 0.15) is 12.8 Å². The van der Waals surface area contributed by atoms with Gasteiger partial charge in [-0.05, 0) is 31.0 Å². The van der Waals surface area contributed by atoms with Crippen molar-refractivity contribution in [2.75, 3.05) is 31.3 Å². The average Bonchev–Trinajstić information content (AvgIpc) is 2.20. The molecule has 3 nitrogen and oxygen atoms in total. The standard InChI is InChI=1S/C11H17BrN2O/c1-15-7-3-2-6-14-11-5-4-9(12)8-10(11)13/h4-5,8,14H,2-3,6-7,13H2,1H3. The van der Waals surface area contributed by atoms with Crippen molar-refractivity contribution >= 4 is 27.3 Å². The molecular weight excluding hydrogens is 256 g/mol. The highest BCUT2D eigenvalue weighted by molar-refractivity contribution is 9.10. The van der Waals surface area contributed by atoms with E-state index in [1.54, 1.807) is 7.11 Å². The number of nitrogens with one attached hydrogen (secondary N) is 1. The highest BCUT2D eigenvalue weighted by Gasteiger charge is 1.98. The van der Waals surface area contributed by atoms with E-state index in [-0.39, 0.29) is 0 Å². The number of nitrogens with two attached hydrogens (primary N) is 1. The van der Waals surface area contributed by atoms with E-state index in [2.05, 4.69) is 21.2 Å². The van der Waals surface area contributed by atoms with Crippen LogP contribution in [-0.2, 0) is 4.74 Å². The summed E-state index contributed by atoms with van der Waals surface area (Å²) < 4.78 is 5.98. The molecule has 84 valence electrons. The minimum Gasteiger partial charge on any atom is -0.397 e. The van der Waals surface area contributed by atoms with Crippen molar-refractivity contribution < 1.29 is 4.74 Å². The Labute approximate surface area is 99.1 Å². The molecule has 0 unspecified atom stereocenters. The third kappa shape index (κ3) is 4.53. The van der Waals surface area contributed by atoms with Gasteiger partial charge in [0.25, 0.3) is 0 Å². The summed E-state index contributed by atoms with van der Waals surface area (Å²) in [5.41, 5.74) is 7.62. The Morgan fingerprint density at radius 1 is 1.40 bits per heavy atom. The summed E-state index contributed by atoms with van der Waals surface area (Å²) in [6.45, 7) is 1.74. The Bertz CT molecular complexity index is 305. The van der Waals surface area contributed by atoms with Crippen molar-refractivity contribution in [1.29, 1.82) is 0 Å². The summed E-state index contributed by atoms with van der Waals surface area (Å²) in [5, 5.41) is 3.30. The number of rotatable bonds is 6. The van der Waals surface area contributed by atoms with Crippen LogP contribution in [0.25, 0.3) is 0 Å². The number of anilines is 2. The van der Waals surface area contributed by atoms with Crippen LogP contribution >= 0.6 is 15.9 Å². The van der Waals surface area contributed by atoms with Crippen LogP contribution in [0.4, 0.5) is 11.4 Å². The Morgan fingerprint density at radius 2 is 2.20 bits per heavy atom. The van der Waals surface area contributed by atoms with E-state index < -0.39 is 0 Å². The maximum absolute atomic E-state index is 5.85. The lowest BCUT2D eigenvalue weighted by atomic mass is 10.2. The zero-order valence-corrected chi connectivity index (χ0v) is 10.5. The van der Waals surface area contributed by atoms with Crippen molar-refractivity contribution in [1.82, 2.24) is 0 Å². The molecule has 0 atom stereocenters. The molecule has 0 aliphatic carbocycles. The Hall–Kier alpha value is -0.740. The number of hydrogen-bond acceptors (Lipinski definition) is 3. The van der Waals surface area contributed by atoms with Gasteiger partial charge in [-0.3, -0.25) is 0 Å². The van der Waals surface area contributed by atoms with Crippen LogP contribution in [0.3, 0.4) is 0 Å². The highest BCUT2D eigenvalue weighted by Crippen LogP contribution is 2.22. The second-order valence-electron chi connectivity index (χ2n) is 3.36. The molecule has 15 heavy (non-hydrogen) atoms. The van der Waals surface area contributed by atoms with Gasteiger partial charge in [0.05, 0.1) is 11.4 Å². The molecule has 1 aromatic rings. The minimum atomic E-state index is 0.774. The second kappa shape index (κ2) is 6.69. The molecule has 3 N–H and O–H groups in total. The normalized spacial score (nSPS) is 10.3. The number of methoxy groups -OCH3 is 1. The van der Waals surface area contributed by atoms with Gasteiger partial charge in [-0.25, -0.2) is 0 Å². The van der Waals surface area contributed by atoms with Crippen LogP contribution in [-0.4, -0.2) is 20.3 Å². The van der Waals surface area contributed by atoms with Gasteiger partial charge < -0.3 is 15.8 Å². The minimum absolute atomic E-state index is 0.774. The summed E-state index contributed by atoms with van der Waals surface area (Å²) in [7, 11) is 1.72. The van der Waals surface area contributed by atoms with Gasteiger partial charge in [-0.1, -0.05) is 15.9 Å². The summed E-state index contributed by atoms with van der Waals surface area (Å²) in [5.74, 6) is 0. The topological polar surface area (TPSA) is 47.3 Å². The third-order valence-corrected chi connectivity index (χ3v) is 2.60. The molecule has 0 aromatic heterocycles. The molecule has 0 aliphatic heterocycles. The fourth-order valence-electron chi connectivity index (χ4n) is 1.29. The Morgan fingerprint density at radius 3 is 2.87 bits per heavy atom. The molecule has 1 rings (SSSR count). The second-order valence-corrected chi connectivity index (χ2v) is 4.27. The van der Waals surface area contributed by atoms with Crippen molar-refractivity contribution in [2.24, 2.45) is 0 Å². The van der Waals surface area contributed by atoms with Gasteiger partial charge in [0.2, 0.25) is 0 Å². The lowest BCUT2D eigenvalue weighted by molar-refractivity contribution is 0.194. The van der Waals surface area contributed by atoms with Gasteiger partial charge in [0.1, 0.15) is 0 Å². The van der Waals surface area contributed by atoms with Crippen LogP contribution in [0, 0.1) is 0 Å². The number of ether oxygens (including phenoxy) is 1. The first-order chi connectivity index (χ1) is 7.24. The van der Waals surface area contributed by atoms with Gasteiger partial charge in [-0.2, -0.15) is 0 Å². The van der Waals surface area contributed by atoms with Crippen molar-refractivity contribution in [3.63, 3.8) is 0 Å². The van der Waals surface area contributed by atoms with Gasteiger partial charge in [0, 0.05) is 24.7 Å². The van der Waals surface area contributed by atoms with Crippen LogP contribution in [0.15, 0.2) is 22.7 Å². The predicted molar refractivity (Wildman–Crippen MR) is 68.2 cm³/mol. The zero-order chi connectivity index (χ0) is 11.1. The van der Waals surface area contributed by atoms with E-state index in [1.807, 2.05) is 18.2 Å². The highest BCUT2D eigenvalue weighted by atomic mass is 79.9. The fraction of sp³-hybridized carbons (Fsp3) is 0.455. The molecule has 0 amide bonds. The molecule has 0 saturated carbocycles. The maximum Gasteiger partial charge on any atom is 0.0574 e. The average molecular weight is 273 g/mol. The first kappa shape index (κ1) is 12.3. The SMILES string of the molecule is COCCCCNc1ccc(Br)cc1N. The lowest BCUT2D eigenvalue weighted by Crippen LogP contribution is -2.05. The third-order valence-electron chi connectivity index (χ3n) is 2.10. The number of nitrogen functional groups attached to an aromatic ring is 1. The van der Waals surface area contributed by atoms with Crippen molar-refractivity contribution in [3.8, 4) is 0 Å². The van der Waals surface area contributed by atoms with E-state index in [0.717, 1.165) is 41.8 Å². The number of hydrogen-bond donors (Lipinski definition) is 2. The van der Waals surface area contributed by atoms with E-state index in [0.29, 0.717) is 0 Å². The number of unbranched alkanes of at least 4 members (excludes halogenated alkanes) is 1. The molecule has 0 bridgehead atoms. The molecule has 0 radical (unpaired) electrons. The van der Waals surface area contributed by atoms with Crippen LogP contribution < -0.4 is 11.1 Å². The largest absolute Gasteiger partial charge is 0.397 e. The maximum atomic E-state index is 5.85. The summed E-state index contributed by atoms with van der Waals surface area (Å²) in [6, 6.07) is 5.86. The summed E-state index contributed by atoms with van der Waals surface area (Å²) in [6.07, 6.45) is 2.16. The van der Waals surface area contributed by atoms with Gasteiger partial charge in [-0.15, -0.1) is 0 Å². The van der Waals surface area contributed by atoms with Crippen molar-refractivity contribution in [2.45, 2.75) is 12.8 Å². The Balaban J connectivity index is 2.31. The van der Waals surface area contributed by atoms with Crippen molar-refractivity contribution in [3.05, 3.63) is 22.7 Å². The molecular formula is C11H17BrN2O.